The maximum atomic E-state index is 11.8. The van der Waals surface area contributed by atoms with Gasteiger partial charge in [-0.2, -0.15) is 0 Å². The molecular formula is C11H14N2O4. The number of aromatic nitrogens is 1. The Labute approximate surface area is 98.0 Å². The smallest absolute Gasteiger partial charge is 0.374 e. The van der Waals surface area contributed by atoms with E-state index < -0.39 is 5.97 Å². The topological polar surface area (TPSA) is 92.4 Å². The van der Waals surface area contributed by atoms with Gasteiger partial charge in [-0.05, 0) is 18.8 Å². The lowest BCUT2D eigenvalue weighted by atomic mass is 10.1. The Hall–Kier alpha value is -1.85. The molecule has 0 aromatic carbocycles. The highest BCUT2D eigenvalue weighted by atomic mass is 16.5. The van der Waals surface area contributed by atoms with E-state index in [1.807, 2.05) is 0 Å². The first-order valence-corrected chi connectivity index (χ1v) is 5.59. The third-order valence-corrected chi connectivity index (χ3v) is 3.13. The van der Waals surface area contributed by atoms with E-state index in [-0.39, 0.29) is 23.4 Å². The van der Waals surface area contributed by atoms with Crippen LogP contribution < -0.4 is 5.32 Å². The molecule has 1 amide bonds. The van der Waals surface area contributed by atoms with Crippen LogP contribution in [0.2, 0.25) is 0 Å². The van der Waals surface area contributed by atoms with Gasteiger partial charge >= 0.3 is 5.97 Å². The average molecular weight is 238 g/mol. The van der Waals surface area contributed by atoms with Crippen molar-refractivity contribution in [2.45, 2.75) is 32.2 Å². The minimum absolute atomic E-state index is 0.0153. The van der Waals surface area contributed by atoms with E-state index in [0.717, 1.165) is 25.3 Å². The molecule has 2 N–H and O–H groups in total. The molecule has 2 rings (SSSR count). The molecule has 1 saturated carbocycles. The van der Waals surface area contributed by atoms with Crippen LogP contribution >= 0.6 is 0 Å². The molecule has 1 aromatic rings. The molecule has 1 aromatic heterocycles. The highest BCUT2D eigenvalue weighted by Crippen LogP contribution is 2.24. The van der Waals surface area contributed by atoms with E-state index in [9.17, 15) is 9.59 Å². The van der Waals surface area contributed by atoms with E-state index in [1.54, 1.807) is 0 Å². The Morgan fingerprint density at radius 2 is 2.29 bits per heavy atom. The van der Waals surface area contributed by atoms with Gasteiger partial charge in [0.05, 0.1) is 0 Å². The third kappa shape index (κ3) is 2.46. The summed E-state index contributed by atoms with van der Waals surface area (Å²) in [4.78, 5) is 22.3. The van der Waals surface area contributed by atoms with E-state index in [2.05, 4.69) is 21.9 Å². The van der Waals surface area contributed by atoms with Gasteiger partial charge in [-0.3, -0.25) is 4.79 Å². The number of nitrogens with zero attached hydrogens (tertiary/aromatic N) is 1. The molecule has 2 unspecified atom stereocenters. The van der Waals surface area contributed by atoms with Crippen LogP contribution in [-0.2, 0) is 0 Å². The lowest BCUT2D eigenvalue weighted by molar-refractivity contribution is 0.0651. The third-order valence-electron chi connectivity index (χ3n) is 3.13. The standard InChI is InChI=1S/C11H14N2O4/c1-6-3-2-4-7(6)12-10(14)8-5-9(11(15)16)17-13-8/h5-7H,2-4H2,1H3,(H,12,14)(H,15,16). The molecule has 1 aliphatic carbocycles. The van der Waals surface area contributed by atoms with Gasteiger partial charge in [0.1, 0.15) is 0 Å². The van der Waals surface area contributed by atoms with Crippen LogP contribution in [0.4, 0.5) is 0 Å². The van der Waals surface area contributed by atoms with Crippen LogP contribution in [0.25, 0.3) is 0 Å². The quantitative estimate of drug-likeness (QED) is 0.827. The Bertz CT molecular complexity index is 440. The first-order valence-electron chi connectivity index (χ1n) is 5.59. The van der Waals surface area contributed by atoms with Gasteiger partial charge in [-0.1, -0.05) is 18.5 Å². The van der Waals surface area contributed by atoms with Crippen molar-refractivity contribution in [2.75, 3.05) is 0 Å². The van der Waals surface area contributed by atoms with Crippen molar-refractivity contribution >= 4 is 11.9 Å². The molecule has 0 aliphatic heterocycles. The Morgan fingerprint density at radius 1 is 1.53 bits per heavy atom. The molecule has 17 heavy (non-hydrogen) atoms. The summed E-state index contributed by atoms with van der Waals surface area (Å²) in [5.41, 5.74) is 0.0153. The molecule has 1 aliphatic rings. The molecule has 6 heteroatoms. The zero-order valence-electron chi connectivity index (χ0n) is 9.47. The van der Waals surface area contributed by atoms with Gasteiger partial charge in [-0.25, -0.2) is 4.79 Å². The van der Waals surface area contributed by atoms with Crippen molar-refractivity contribution in [3.63, 3.8) is 0 Å². The van der Waals surface area contributed by atoms with Crippen molar-refractivity contribution in [2.24, 2.45) is 5.92 Å². The monoisotopic (exact) mass is 238 g/mol. The lowest BCUT2D eigenvalue weighted by Gasteiger charge is -2.15. The summed E-state index contributed by atoms with van der Waals surface area (Å²) in [7, 11) is 0. The van der Waals surface area contributed by atoms with Gasteiger partial charge in [0.15, 0.2) is 5.69 Å². The van der Waals surface area contributed by atoms with Crippen LogP contribution in [0.15, 0.2) is 10.6 Å². The van der Waals surface area contributed by atoms with Crippen LogP contribution in [0, 0.1) is 5.92 Å². The summed E-state index contributed by atoms with van der Waals surface area (Å²) in [5.74, 6) is -1.48. The van der Waals surface area contributed by atoms with Crippen LogP contribution in [0.1, 0.15) is 47.2 Å². The second-order valence-corrected chi connectivity index (χ2v) is 4.37. The van der Waals surface area contributed by atoms with Crippen molar-refractivity contribution < 1.29 is 19.2 Å². The number of carboxylic acids is 1. The highest BCUT2D eigenvalue weighted by Gasteiger charge is 2.26. The fraction of sp³-hybridized carbons (Fsp3) is 0.545. The molecule has 1 fully saturated rings. The summed E-state index contributed by atoms with van der Waals surface area (Å²) in [6, 6.07) is 1.28. The lowest BCUT2D eigenvalue weighted by Crippen LogP contribution is -2.36. The second kappa shape index (κ2) is 4.57. The number of carbonyl (C=O) groups excluding carboxylic acids is 1. The highest BCUT2D eigenvalue weighted by molar-refractivity contribution is 5.94. The molecule has 92 valence electrons. The minimum atomic E-state index is -1.23. The van der Waals surface area contributed by atoms with E-state index >= 15 is 0 Å². The number of rotatable bonds is 3. The van der Waals surface area contributed by atoms with Crippen molar-refractivity contribution in [3.05, 3.63) is 17.5 Å². The van der Waals surface area contributed by atoms with Crippen LogP contribution in [0.5, 0.6) is 0 Å². The van der Waals surface area contributed by atoms with E-state index in [4.69, 9.17) is 5.11 Å². The summed E-state index contributed by atoms with van der Waals surface area (Å²) in [6.07, 6.45) is 3.16. The largest absolute Gasteiger partial charge is 0.475 e. The summed E-state index contributed by atoms with van der Waals surface area (Å²) >= 11 is 0. The maximum absolute atomic E-state index is 11.8. The van der Waals surface area contributed by atoms with Crippen LogP contribution in [0.3, 0.4) is 0 Å². The summed E-state index contributed by atoms with van der Waals surface area (Å²) < 4.78 is 4.53. The summed E-state index contributed by atoms with van der Waals surface area (Å²) in [6.45, 7) is 2.09. The first-order chi connectivity index (χ1) is 8.08. The maximum Gasteiger partial charge on any atom is 0.374 e. The minimum Gasteiger partial charge on any atom is -0.475 e. The number of aromatic carboxylic acids is 1. The predicted molar refractivity (Wildman–Crippen MR) is 57.7 cm³/mol. The van der Waals surface area contributed by atoms with Gasteiger partial charge in [-0.15, -0.1) is 0 Å². The number of amides is 1. The van der Waals surface area contributed by atoms with E-state index in [1.165, 1.54) is 0 Å². The zero-order valence-corrected chi connectivity index (χ0v) is 9.47. The molecule has 0 spiro atoms. The van der Waals surface area contributed by atoms with Crippen LogP contribution in [-0.4, -0.2) is 28.2 Å². The SMILES string of the molecule is CC1CCCC1NC(=O)c1cc(C(=O)O)on1. The Morgan fingerprint density at radius 3 is 2.82 bits per heavy atom. The van der Waals surface area contributed by atoms with Gasteiger partial charge in [0.2, 0.25) is 5.76 Å². The molecule has 2 atom stereocenters. The van der Waals surface area contributed by atoms with Gasteiger partial charge in [0.25, 0.3) is 5.91 Å². The average Bonchev–Trinajstić information content (AvgIpc) is 2.88. The molecule has 0 saturated heterocycles. The fourth-order valence-corrected chi connectivity index (χ4v) is 2.09. The molecule has 6 nitrogen and oxygen atoms in total. The number of carboxylic acid groups (broad SMARTS) is 1. The van der Waals surface area contributed by atoms with Crippen molar-refractivity contribution in [1.82, 2.24) is 10.5 Å². The van der Waals surface area contributed by atoms with Gasteiger partial charge in [0, 0.05) is 12.1 Å². The zero-order chi connectivity index (χ0) is 12.4. The first kappa shape index (κ1) is 11.6. The Kier molecular flexibility index (Phi) is 3.12. The molecule has 0 bridgehead atoms. The fourth-order valence-electron chi connectivity index (χ4n) is 2.09. The van der Waals surface area contributed by atoms with E-state index in [0.29, 0.717) is 5.92 Å². The molecule has 1 heterocycles. The van der Waals surface area contributed by atoms with Crippen molar-refractivity contribution in [3.8, 4) is 0 Å². The van der Waals surface area contributed by atoms with Gasteiger partial charge < -0.3 is 14.9 Å². The van der Waals surface area contributed by atoms with Crippen molar-refractivity contribution in [1.29, 1.82) is 0 Å². The molecular weight excluding hydrogens is 224 g/mol. The second-order valence-electron chi connectivity index (χ2n) is 4.37. The number of carbonyl (C=O) groups is 2. The Balaban J connectivity index is 2.01. The normalized spacial score (nSPS) is 23.6. The molecule has 0 radical (unpaired) electrons. The predicted octanol–water partition coefficient (Wildman–Crippen LogP) is 1.29. The number of hydrogen-bond donors (Lipinski definition) is 2. The summed E-state index contributed by atoms with van der Waals surface area (Å²) in [5, 5.41) is 14.9. The number of hydrogen-bond acceptors (Lipinski definition) is 4. The number of nitrogens with one attached hydrogen (secondary N) is 1.